The Hall–Kier alpha value is -3.09. The van der Waals surface area contributed by atoms with Crippen LogP contribution in [0.2, 0.25) is 0 Å². The Morgan fingerprint density at radius 3 is 2.63 bits per heavy atom. The molecular weight excluding hydrogens is 347 g/mol. The van der Waals surface area contributed by atoms with Crippen molar-refractivity contribution in [1.82, 2.24) is 20.0 Å². The Labute approximate surface area is 156 Å². The van der Waals surface area contributed by atoms with E-state index in [0.29, 0.717) is 30.5 Å². The van der Waals surface area contributed by atoms with Crippen molar-refractivity contribution >= 4 is 5.91 Å². The molecule has 1 fully saturated rings. The lowest BCUT2D eigenvalue weighted by Crippen LogP contribution is -2.38. The SMILES string of the molecule is O=C(Cc1ccc(F)cc1)N1CCC(c2nc(-c3ccccn3)no2)CC1. The standard InChI is InChI=1S/C20H19FN4O2/c21-16-6-4-14(5-7-16)13-18(26)25-11-8-15(9-12-25)20-23-19(24-27-20)17-3-1-2-10-22-17/h1-7,10,15H,8-9,11-13H2. The zero-order chi connectivity index (χ0) is 18.6. The first-order valence-corrected chi connectivity index (χ1v) is 8.96. The van der Waals surface area contributed by atoms with E-state index in [9.17, 15) is 9.18 Å². The molecule has 0 bridgehead atoms. The Morgan fingerprint density at radius 1 is 1.15 bits per heavy atom. The topological polar surface area (TPSA) is 72.1 Å². The van der Waals surface area contributed by atoms with Gasteiger partial charge in [0.05, 0.1) is 6.42 Å². The molecule has 1 saturated heterocycles. The third-order valence-electron chi connectivity index (χ3n) is 4.80. The summed E-state index contributed by atoms with van der Waals surface area (Å²) in [6.07, 6.45) is 3.53. The maximum absolute atomic E-state index is 13.0. The minimum atomic E-state index is -0.295. The van der Waals surface area contributed by atoms with Gasteiger partial charge in [-0.05, 0) is 42.7 Å². The van der Waals surface area contributed by atoms with Gasteiger partial charge in [0.1, 0.15) is 11.5 Å². The Bertz CT molecular complexity index is 903. The highest BCUT2D eigenvalue weighted by Gasteiger charge is 2.27. The van der Waals surface area contributed by atoms with Crippen LogP contribution in [0.25, 0.3) is 11.5 Å². The maximum Gasteiger partial charge on any atom is 0.230 e. The summed E-state index contributed by atoms with van der Waals surface area (Å²) in [5.41, 5.74) is 1.50. The van der Waals surface area contributed by atoms with E-state index < -0.39 is 0 Å². The molecule has 2 aromatic heterocycles. The number of pyridine rings is 1. The van der Waals surface area contributed by atoms with Crippen LogP contribution in [0.5, 0.6) is 0 Å². The fourth-order valence-corrected chi connectivity index (χ4v) is 3.26. The number of likely N-dealkylation sites (tertiary alicyclic amines) is 1. The number of amides is 1. The molecule has 0 saturated carbocycles. The molecule has 0 N–H and O–H groups in total. The van der Waals surface area contributed by atoms with E-state index in [2.05, 4.69) is 15.1 Å². The second kappa shape index (κ2) is 7.65. The number of halogens is 1. The molecule has 1 amide bonds. The van der Waals surface area contributed by atoms with E-state index >= 15 is 0 Å². The summed E-state index contributed by atoms with van der Waals surface area (Å²) in [6.45, 7) is 1.29. The second-order valence-electron chi connectivity index (χ2n) is 6.63. The van der Waals surface area contributed by atoms with Crippen LogP contribution in [0.15, 0.2) is 53.2 Å². The first-order chi connectivity index (χ1) is 13.2. The summed E-state index contributed by atoms with van der Waals surface area (Å²) in [6, 6.07) is 11.6. The number of carbonyl (C=O) groups is 1. The fourth-order valence-electron chi connectivity index (χ4n) is 3.26. The van der Waals surface area contributed by atoms with Crippen molar-refractivity contribution in [1.29, 1.82) is 0 Å². The van der Waals surface area contributed by atoms with Gasteiger partial charge in [-0.2, -0.15) is 4.98 Å². The zero-order valence-electron chi connectivity index (χ0n) is 14.7. The normalized spacial score (nSPS) is 15.1. The van der Waals surface area contributed by atoms with Gasteiger partial charge >= 0.3 is 0 Å². The van der Waals surface area contributed by atoms with Crippen LogP contribution in [0.1, 0.15) is 30.2 Å². The first-order valence-electron chi connectivity index (χ1n) is 8.96. The molecule has 138 valence electrons. The molecule has 0 spiro atoms. The smallest absolute Gasteiger partial charge is 0.230 e. The lowest BCUT2D eigenvalue weighted by Gasteiger charge is -2.30. The van der Waals surface area contributed by atoms with Gasteiger partial charge in [-0.15, -0.1) is 0 Å². The molecule has 4 rings (SSSR count). The third-order valence-corrected chi connectivity index (χ3v) is 4.80. The molecule has 27 heavy (non-hydrogen) atoms. The van der Waals surface area contributed by atoms with E-state index in [1.807, 2.05) is 23.1 Å². The molecule has 0 radical (unpaired) electrons. The predicted molar refractivity (Wildman–Crippen MR) is 96.2 cm³/mol. The molecule has 0 unspecified atom stereocenters. The van der Waals surface area contributed by atoms with Gasteiger partial charge in [0, 0.05) is 25.2 Å². The number of rotatable bonds is 4. The molecule has 0 aliphatic carbocycles. The van der Waals surface area contributed by atoms with E-state index in [0.717, 1.165) is 18.4 Å². The lowest BCUT2D eigenvalue weighted by molar-refractivity contribution is -0.131. The minimum Gasteiger partial charge on any atom is -0.342 e. The first kappa shape index (κ1) is 17.3. The largest absolute Gasteiger partial charge is 0.342 e. The number of benzene rings is 1. The molecule has 3 heterocycles. The van der Waals surface area contributed by atoms with E-state index in [-0.39, 0.29) is 24.1 Å². The maximum atomic E-state index is 13.0. The van der Waals surface area contributed by atoms with Crippen LogP contribution in [0.3, 0.4) is 0 Å². The Kier molecular flexibility index (Phi) is 4.91. The molecule has 1 aliphatic heterocycles. The number of hydrogen-bond donors (Lipinski definition) is 0. The fraction of sp³-hybridized carbons (Fsp3) is 0.300. The molecular formula is C20H19FN4O2. The van der Waals surface area contributed by atoms with Gasteiger partial charge in [0.15, 0.2) is 0 Å². The number of piperidine rings is 1. The molecule has 0 atom stereocenters. The highest BCUT2D eigenvalue weighted by Crippen LogP contribution is 2.28. The van der Waals surface area contributed by atoms with Crippen molar-refractivity contribution < 1.29 is 13.7 Å². The summed E-state index contributed by atoms with van der Waals surface area (Å²) in [7, 11) is 0. The van der Waals surface area contributed by atoms with Crippen molar-refractivity contribution in [3.63, 3.8) is 0 Å². The van der Waals surface area contributed by atoms with Crippen molar-refractivity contribution in [3.05, 3.63) is 65.9 Å². The summed E-state index contributed by atoms with van der Waals surface area (Å²) < 4.78 is 18.4. The Morgan fingerprint density at radius 2 is 1.93 bits per heavy atom. The van der Waals surface area contributed by atoms with E-state index in [1.165, 1.54) is 12.1 Å². The third kappa shape index (κ3) is 4.02. The highest BCUT2D eigenvalue weighted by atomic mass is 19.1. The van der Waals surface area contributed by atoms with Crippen LogP contribution >= 0.6 is 0 Å². The summed E-state index contributed by atoms with van der Waals surface area (Å²) in [4.78, 5) is 23.0. The minimum absolute atomic E-state index is 0.0553. The quantitative estimate of drug-likeness (QED) is 0.709. The van der Waals surface area contributed by atoms with Crippen molar-refractivity contribution in [2.45, 2.75) is 25.2 Å². The van der Waals surface area contributed by atoms with E-state index in [4.69, 9.17) is 4.52 Å². The van der Waals surface area contributed by atoms with Crippen LogP contribution in [0.4, 0.5) is 4.39 Å². The van der Waals surface area contributed by atoms with Crippen molar-refractivity contribution in [2.24, 2.45) is 0 Å². The van der Waals surface area contributed by atoms with Crippen LogP contribution in [-0.2, 0) is 11.2 Å². The monoisotopic (exact) mass is 366 g/mol. The molecule has 3 aromatic rings. The number of hydrogen-bond acceptors (Lipinski definition) is 5. The summed E-state index contributed by atoms with van der Waals surface area (Å²) >= 11 is 0. The predicted octanol–water partition coefficient (Wildman–Crippen LogP) is 3.22. The zero-order valence-corrected chi connectivity index (χ0v) is 14.7. The van der Waals surface area contributed by atoms with Crippen LogP contribution in [-0.4, -0.2) is 39.0 Å². The number of carbonyl (C=O) groups excluding carboxylic acids is 1. The highest BCUT2D eigenvalue weighted by molar-refractivity contribution is 5.78. The number of nitrogens with zero attached hydrogens (tertiary/aromatic N) is 4. The van der Waals surface area contributed by atoms with Gasteiger partial charge < -0.3 is 9.42 Å². The summed E-state index contributed by atoms with van der Waals surface area (Å²) in [5, 5.41) is 4.02. The van der Waals surface area contributed by atoms with Crippen LogP contribution in [0, 0.1) is 5.82 Å². The second-order valence-corrected chi connectivity index (χ2v) is 6.63. The Balaban J connectivity index is 1.34. The summed E-state index contributed by atoms with van der Waals surface area (Å²) in [5.74, 6) is 0.989. The molecule has 7 heteroatoms. The van der Waals surface area contributed by atoms with Crippen LogP contribution < -0.4 is 0 Å². The van der Waals surface area contributed by atoms with Crippen molar-refractivity contribution in [3.8, 4) is 11.5 Å². The van der Waals surface area contributed by atoms with Gasteiger partial charge in [0.2, 0.25) is 17.6 Å². The average molecular weight is 366 g/mol. The average Bonchev–Trinajstić information content (AvgIpc) is 3.21. The number of aromatic nitrogens is 3. The van der Waals surface area contributed by atoms with E-state index in [1.54, 1.807) is 18.3 Å². The van der Waals surface area contributed by atoms with Crippen molar-refractivity contribution in [2.75, 3.05) is 13.1 Å². The van der Waals surface area contributed by atoms with Gasteiger partial charge in [-0.1, -0.05) is 23.4 Å². The van der Waals surface area contributed by atoms with Gasteiger partial charge in [-0.3, -0.25) is 9.78 Å². The van der Waals surface area contributed by atoms with Gasteiger partial charge in [-0.25, -0.2) is 4.39 Å². The molecule has 1 aromatic carbocycles. The molecule has 6 nitrogen and oxygen atoms in total. The lowest BCUT2D eigenvalue weighted by atomic mass is 9.96. The van der Waals surface area contributed by atoms with Gasteiger partial charge in [0.25, 0.3) is 0 Å². The molecule has 1 aliphatic rings.